The van der Waals surface area contributed by atoms with E-state index in [4.69, 9.17) is 25.5 Å². The van der Waals surface area contributed by atoms with Crippen LogP contribution in [0.15, 0.2) is 0 Å². The molecule has 0 aromatic carbocycles. The fourth-order valence-corrected chi connectivity index (χ4v) is 2.37. The lowest BCUT2D eigenvalue weighted by atomic mass is 10.0. The van der Waals surface area contributed by atoms with Gasteiger partial charge in [-0.15, -0.1) is 11.8 Å². The molecule has 104 valence electrons. The Morgan fingerprint density at radius 2 is 1.50 bits per heavy atom. The van der Waals surface area contributed by atoms with Crippen molar-refractivity contribution >= 4 is 29.7 Å². The Hall–Kier alpha value is -1.32. The van der Waals surface area contributed by atoms with Crippen LogP contribution in [0.4, 0.5) is 0 Å². The molecule has 0 aliphatic rings. The number of hydrogen-bond acceptors (Lipinski definition) is 6. The van der Waals surface area contributed by atoms with Gasteiger partial charge >= 0.3 is 17.9 Å². The van der Waals surface area contributed by atoms with Crippen LogP contribution in [0.2, 0.25) is 0 Å². The van der Waals surface area contributed by atoms with Gasteiger partial charge in [0.1, 0.15) is 4.75 Å². The van der Waals surface area contributed by atoms with Gasteiger partial charge in [0, 0.05) is 5.75 Å². The first-order valence-electron chi connectivity index (χ1n) is 4.83. The number of aliphatic hydroxyl groups excluding tert-OH is 2. The first-order valence-corrected chi connectivity index (χ1v) is 5.82. The van der Waals surface area contributed by atoms with E-state index in [9.17, 15) is 14.4 Å². The summed E-state index contributed by atoms with van der Waals surface area (Å²) in [7, 11) is 0. The van der Waals surface area contributed by atoms with Crippen molar-refractivity contribution in [2.45, 2.75) is 23.7 Å². The van der Waals surface area contributed by atoms with E-state index < -0.39 is 48.2 Å². The van der Waals surface area contributed by atoms with Gasteiger partial charge in [-0.3, -0.25) is 14.4 Å². The van der Waals surface area contributed by atoms with Crippen LogP contribution in [-0.4, -0.2) is 66.7 Å². The molecule has 0 aliphatic heterocycles. The minimum atomic E-state index is -2.06. The summed E-state index contributed by atoms with van der Waals surface area (Å²) in [5.74, 6) is -4.76. The first kappa shape index (κ1) is 16.7. The van der Waals surface area contributed by atoms with Crippen LogP contribution in [0.1, 0.15) is 12.8 Å². The van der Waals surface area contributed by atoms with E-state index >= 15 is 0 Å². The van der Waals surface area contributed by atoms with Gasteiger partial charge in [0.2, 0.25) is 0 Å². The lowest BCUT2D eigenvalue weighted by Gasteiger charge is -2.26. The molecule has 0 spiro atoms. The van der Waals surface area contributed by atoms with Crippen LogP contribution < -0.4 is 0 Å². The molecule has 0 aliphatic carbocycles. The zero-order chi connectivity index (χ0) is 14.3. The van der Waals surface area contributed by atoms with Crippen LogP contribution in [0.5, 0.6) is 0 Å². The molecule has 0 aromatic heterocycles. The minimum Gasteiger partial charge on any atom is -0.481 e. The Morgan fingerprint density at radius 1 is 1.06 bits per heavy atom. The Labute approximate surface area is 106 Å². The van der Waals surface area contributed by atoms with Gasteiger partial charge in [0.15, 0.2) is 0 Å². The molecule has 18 heavy (non-hydrogen) atoms. The van der Waals surface area contributed by atoms with Crippen molar-refractivity contribution < 1.29 is 39.9 Å². The average molecular weight is 282 g/mol. The van der Waals surface area contributed by atoms with E-state index in [-0.39, 0.29) is 5.75 Å². The summed E-state index contributed by atoms with van der Waals surface area (Å²) in [6, 6.07) is 0. The molecule has 8 nitrogen and oxygen atoms in total. The van der Waals surface area contributed by atoms with E-state index in [1.807, 2.05) is 0 Å². The Morgan fingerprint density at radius 3 is 1.78 bits per heavy atom. The fourth-order valence-electron chi connectivity index (χ4n) is 1.17. The van der Waals surface area contributed by atoms with Crippen LogP contribution in [0.3, 0.4) is 0 Å². The summed E-state index contributed by atoms with van der Waals surface area (Å²) < 4.78 is -2.06. The maximum Gasteiger partial charge on any atom is 0.320 e. The Kier molecular flexibility index (Phi) is 6.66. The maximum atomic E-state index is 11.1. The molecule has 0 radical (unpaired) electrons. The number of hydrogen-bond donors (Lipinski definition) is 5. The van der Waals surface area contributed by atoms with Gasteiger partial charge in [-0.1, -0.05) is 0 Å². The third-order valence-corrected chi connectivity index (χ3v) is 3.59. The minimum absolute atomic E-state index is 0.274. The molecule has 9 heteroatoms. The fraction of sp³-hybridized carbons (Fsp3) is 0.667. The monoisotopic (exact) mass is 282 g/mol. The number of aliphatic carboxylic acids is 3. The summed E-state index contributed by atoms with van der Waals surface area (Å²) in [6.07, 6.45) is -3.02. The predicted molar refractivity (Wildman–Crippen MR) is 60.4 cm³/mol. The average Bonchev–Trinajstić information content (AvgIpc) is 2.23. The van der Waals surface area contributed by atoms with Crippen molar-refractivity contribution in [3.05, 3.63) is 0 Å². The van der Waals surface area contributed by atoms with Gasteiger partial charge in [-0.25, -0.2) is 0 Å². The second kappa shape index (κ2) is 7.19. The van der Waals surface area contributed by atoms with E-state index in [2.05, 4.69) is 0 Å². The lowest BCUT2D eigenvalue weighted by Crippen LogP contribution is -2.41. The second-order valence-electron chi connectivity index (χ2n) is 3.59. The van der Waals surface area contributed by atoms with Gasteiger partial charge < -0.3 is 25.5 Å². The molecule has 0 amide bonds. The van der Waals surface area contributed by atoms with E-state index in [1.54, 1.807) is 0 Å². The summed E-state index contributed by atoms with van der Waals surface area (Å²) >= 11 is 0.495. The van der Waals surface area contributed by atoms with Crippen molar-refractivity contribution in [3.63, 3.8) is 0 Å². The number of thioether (sulfide) groups is 1. The third-order valence-electron chi connectivity index (χ3n) is 2.03. The normalized spacial score (nSPS) is 13.0. The molecule has 5 N–H and O–H groups in total. The standard InChI is InChI=1S/C9H14O8S/c10-3-5(11)4-18-9(8(16)17,1-6(12)13)2-7(14)15/h5,10-11H,1-4H2,(H,12,13)(H,14,15)(H,16,17). The summed E-state index contributed by atoms with van der Waals surface area (Å²) in [4.78, 5) is 32.4. The van der Waals surface area contributed by atoms with E-state index in [0.29, 0.717) is 11.8 Å². The second-order valence-corrected chi connectivity index (χ2v) is 4.99. The highest BCUT2D eigenvalue weighted by molar-refractivity contribution is 8.01. The van der Waals surface area contributed by atoms with Gasteiger partial charge in [0.05, 0.1) is 25.6 Å². The number of carboxylic acids is 3. The van der Waals surface area contributed by atoms with Crippen molar-refractivity contribution in [1.29, 1.82) is 0 Å². The topological polar surface area (TPSA) is 152 Å². The zero-order valence-electron chi connectivity index (χ0n) is 9.27. The summed E-state index contributed by atoms with van der Waals surface area (Å²) in [6.45, 7) is -0.622. The Bertz CT molecular complexity index is 313. The molecule has 0 bridgehead atoms. The molecular weight excluding hydrogens is 268 g/mol. The summed E-state index contributed by atoms with van der Waals surface area (Å²) in [5.41, 5.74) is 0. The van der Waals surface area contributed by atoms with Gasteiger partial charge in [-0.05, 0) is 0 Å². The number of aliphatic hydroxyl groups is 2. The van der Waals surface area contributed by atoms with Crippen LogP contribution >= 0.6 is 11.8 Å². The molecule has 0 rings (SSSR count). The number of carbonyl (C=O) groups is 3. The molecule has 0 saturated carbocycles. The van der Waals surface area contributed by atoms with Gasteiger partial charge in [-0.2, -0.15) is 0 Å². The van der Waals surface area contributed by atoms with Crippen molar-refractivity contribution in [3.8, 4) is 0 Å². The van der Waals surface area contributed by atoms with Crippen LogP contribution in [-0.2, 0) is 14.4 Å². The molecular formula is C9H14O8S. The van der Waals surface area contributed by atoms with Crippen molar-refractivity contribution in [1.82, 2.24) is 0 Å². The molecule has 0 fully saturated rings. The number of carboxylic acid groups (broad SMARTS) is 3. The van der Waals surface area contributed by atoms with Crippen LogP contribution in [0.25, 0.3) is 0 Å². The quantitative estimate of drug-likeness (QED) is 0.352. The third kappa shape index (κ3) is 5.34. The smallest absolute Gasteiger partial charge is 0.320 e. The molecule has 0 saturated heterocycles. The van der Waals surface area contributed by atoms with Crippen molar-refractivity contribution in [2.75, 3.05) is 12.4 Å². The highest BCUT2D eigenvalue weighted by Crippen LogP contribution is 2.34. The Balaban J connectivity index is 5.00. The van der Waals surface area contributed by atoms with Gasteiger partial charge in [0.25, 0.3) is 0 Å². The molecule has 0 aromatic rings. The zero-order valence-corrected chi connectivity index (χ0v) is 10.1. The SMILES string of the molecule is O=C(O)CC(CC(=O)O)(SCC(O)CO)C(=O)O. The molecule has 1 atom stereocenters. The number of rotatable bonds is 9. The lowest BCUT2D eigenvalue weighted by molar-refractivity contribution is -0.150. The van der Waals surface area contributed by atoms with E-state index in [0.717, 1.165) is 0 Å². The molecule has 0 heterocycles. The summed E-state index contributed by atoms with van der Waals surface area (Å²) in [5, 5.41) is 44.0. The highest BCUT2D eigenvalue weighted by Gasteiger charge is 2.44. The van der Waals surface area contributed by atoms with Crippen molar-refractivity contribution in [2.24, 2.45) is 0 Å². The maximum absolute atomic E-state index is 11.1. The van der Waals surface area contributed by atoms with Crippen LogP contribution in [0, 0.1) is 0 Å². The highest BCUT2D eigenvalue weighted by atomic mass is 32.2. The first-order chi connectivity index (χ1) is 8.23. The molecule has 1 unspecified atom stereocenters. The largest absolute Gasteiger partial charge is 0.481 e. The van der Waals surface area contributed by atoms with E-state index in [1.165, 1.54) is 0 Å². The predicted octanol–water partition coefficient (Wildman–Crippen LogP) is -1.15.